The fourth-order valence-corrected chi connectivity index (χ4v) is 3.06. The monoisotopic (exact) mass is 407 g/mol. The summed E-state index contributed by atoms with van der Waals surface area (Å²) in [6.45, 7) is 3.67. The second-order valence-corrected chi connectivity index (χ2v) is 6.76. The van der Waals surface area contributed by atoms with E-state index >= 15 is 0 Å². The van der Waals surface area contributed by atoms with Crippen molar-refractivity contribution >= 4 is 11.6 Å². The highest BCUT2D eigenvalue weighted by Gasteiger charge is 2.13. The van der Waals surface area contributed by atoms with Crippen molar-refractivity contribution in [2.75, 3.05) is 12.4 Å². The first kappa shape index (κ1) is 21.1. The van der Waals surface area contributed by atoms with E-state index in [0.717, 1.165) is 23.4 Å². The fraction of sp³-hybridized carbons (Fsp3) is 0.261. The Balaban J connectivity index is 1.76. The molecule has 1 amide bonds. The molecule has 3 aromatic rings. The minimum absolute atomic E-state index is 0.0576. The molecule has 0 saturated carbocycles. The molecule has 0 fully saturated rings. The Labute approximate surface area is 175 Å². The third-order valence-corrected chi connectivity index (χ3v) is 4.62. The van der Waals surface area contributed by atoms with Crippen molar-refractivity contribution in [3.63, 3.8) is 0 Å². The van der Waals surface area contributed by atoms with Crippen LogP contribution in [0.4, 0.5) is 5.69 Å². The summed E-state index contributed by atoms with van der Waals surface area (Å²) in [5.41, 5.74) is 2.05. The van der Waals surface area contributed by atoms with Gasteiger partial charge in [0.15, 0.2) is 0 Å². The number of aryl methyl sites for hydroxylation is 2. The molecule has 7 nitrogen and oxygen atoms in total. The minimum atomic E-state index is -0.297. The van der Waals surface area contributed by atoms with E-state index in [4.69, 9.17) is 9.47 Å². The maximum absolute atomic E-state index is 12.6. The maximum Gasteiger partial charge on any atom is 0.254 e. The number of amides is 1. The van der Waals surface area contributed by atoms with Crippen molar-refractivity contribution in [1.29, 1.82) is 0 Å². The molecule has 0 aliphatic carbocycles. The molecule has 0 saturated heterocycles. The minimum Gasteiger partial charge on any atom is -0.497 e. The van der Waals surface area contributed by atoms with Crippen LogP contribution in [0.15, 0.2) is 59.4 Å². The molecular formula is C23H25N3O4. The first-order chi connectivity index (χ1) is 14.5. The lowest BCUT2D eigenvalue weighted by Crippen LogP contribution is -2.31. The lowest BCUT2D eigenvalue weighted by atomic mass is 10.1. The summed E-state index contributed by atoms with van der Waals surface area (Å²) < 4.78 is 12.2. The number of hydrogen-bond donors (Lipinski definition) is 1. The second kappa shape index (κ2) is 9.73. The zero-order valence-corrected chi connectivity index (χ0v) is 17.3. The van der Waals surface area contributed by atoms with E-state index in [1.165, 1.54) is 10.6 Å². The zero-order chi connectivity index (χ0) is 21.5. The maximum atomic E-state index is 12.6. The highest BCUT2D eigenvalue weighted by molar-refractivity contribution is 5.91. The van der Waals surface area contributed by atoms with E-state index in [9.17, 15) is 9.59 Å². The van der Waals surface area contributed by atoms with Crippen LogP contribution < -0.4 is 20.3 Å². The van der Waals surface area contributed by atoms with E-state index in [1.54, 1.807) is 38.3 Å². The van der Waals surface area contributed by atoms with Gasteiger partial charge >= 0.3 is 0 Å². The number of methoxy groups -OCH3 is 1. The number of aromatic nitrogens is 2. The number of para-hydroxylation sites is 1. The average Bonchev–Trinajstić information content (AvgIpc) is 2.75. The summed E-state index contributed by atoms with van der Waals surface area (Å²) >= 11 is 0. The number of anilines is 1. The molecular weight excluding hydrogens is 382 g/mol. The quantitative estimate of drug-likeness (QED) is 0.619. The summed E-state index contributed by atoms with van der Waals surface area (Å²) in [6.07, 6.45) is 0.795. The molecule has 0 aliphatic heterocycles. The first-order valence-corrected chi connectivity index (χ1v) is 9.72. The lowest BCUT2D eigenvalue weighted by molar-refractivity contribution is -0.116. The standard InChI is InChI=1S/C23H25N3O4/c1-4-17-7-5-6-8-20(17)25-22(27)14-26-21(24-16(2)13-23(26)28)15-30-19-11-9-18(29-3)10-12-19/h5-13H,4,14-15H2,1-3H3,(H,25,27). The summed E-state index contributed by atoms with van der Waals surface area (Å²) in [5, 5.41) is 2.88. The third kappa shape index (κ3) is 5.26. The fourth-order valence-electron chi connectivity index (χ4n) is 3.06. The van der Waals surface area contributed by atoms with Crippen LogP contribution in [-0.2, 0) is 24.4 Å². The highest BCUT2D eigenvalue weighted by Crippen LogP contribution is 2.18. The van der Waals surface area contributed by atoms with Gasteiger partial charge in [-0.15, -0.1) is 0 Å². The lowest BCUT2D eigenvalue weighted by Gasteiger charge is -2.15. The molecule has 0 aliphatic rings. The van der Waals surface area contributed by atoms with Crippen LogP contribution in [0, 0.1) is 6.92 Å². The number of nitrogens with zero attached hydrogens (tertiary/aromatic N) is 2. The average molecular weight is 407 g/mol. The molecule has 3 rings (SSSR count). The van der Waals surface area contributed by atoms with Gasteiger partial charge in [0.25, 0.3) is 5.56 Å². The summed E-state index contributed by atoms with van der Waals surface area (Å²) in [4.78, 5) is 29.6. The highest BCUT2D eigenvalue weighted by atomic mass is 16.5. The molecule has 156 valence electrons. The Morgan fingerprint density at radius 3 is 2.50 bits per heavy atom. The number of ether oxygens (including phenoxy) is 2. The Kier molecular flexibility index (Phi) is 6.85. The SMILES string of the molecule is CCc1ccccc1NC(=O)Cn1c(COc2ccc(OC)cc2)nc(C)cc1=O. The number of benzene rings is 2. The Morgan fingerprint density at radius 1 is 1.10 bits per heavy atom. The van der Waals surface area contributed by atoms with Crippen molar-refractivity contribution in [1.82, 2.24) is 9.55 Å². The Hall–Kier alpha value is -3.61. The van der Waals surface area contributed by atoms with Crippen LogP contribution in [-0.4, -0.2) is 22.6 Å². The van der Waals surface area contributed by atoms with Crippen LogP contribution in [0.2, 0.25) is 0 Å². The van der Waals surface area contributed by atoms with E-state index in [1.807, 2.05) is 31.2 Å². The first-order valence-electron chi connectivity index (χ1n) is 9.72. The van der Waals surface area contributed by atoms with Crippen molar-refractivity contribution < 1.29 is 14.3 Å². The van der Waals surface area contributed by atoms with E-state index in [0.29, 0.717) is 17.3 Å². The normalized spacial score (nSPS) is 10.5. The topological polar surface area (TPSA) is 82.5 Å². The van der Waals surface area contributed by atoms with Gasteiger partial charge in [-0.1, -0.05) is 25.1 Å². The van der Waals surface area contributed by atoms with Gasteiger partial charge in [0.05, 0.1) is 7.11 Å². The molecule has 2 aromatic carbocycles. The van der Waals surface area contributed by atoms with Gasteiger partial charge in [-0.3, -0.25) is 14.2 Å². The molecule has 0 unspecified atom stereocenters. The molecule has 0 spiro atoms. The number of carbonyl (C=O) groups is 1. The summed E-state index contributed by atoms with van der Waals surface area (Å²) in [5.74, 6) is 1.42. The van der Waals surface area contributed by atoms with Gasteiger partial charge in [-0.05, 0) is 49.2 Å². The van der Waals surface area contributed by atoms with Crippen molar-refractivity contribution in [2.45, 2.75) is 33.4 Å². The molecule has 1 heterocycles. The number of rotatable bonds is 8. The van der Waals surface area contributed by atoms with Gasteiger partial charge in [0.1, 0.15) is 30.5 Å². The van der Waals surface area contributed by atoms with Crippen molar-refractivity contribution in [3.8, 4) is 11.5 Å². The van der Waals surface area contributed by atoms with Gasteiger partial charge < -0.3 is 14.8 Å². The molecule has 0 radical (unpaired) electrons. The van der Waals surface area contributed by atoms with Crippen LogP contribution >= 0.6 is 0 Å². The molecule has 0 atom stereocenters. The van der Waals surface area contributed by atoms with Gasteiger partial charge in [0, 0.05) is 17.4 Å². The van der Waals surface area contributed by atoms with Crippen LogP contribution in [0.25, 0.3) is 0 Å². The predicted molar refractivity (Wildman–Crippen MR) is 115 cm³/mol. The van der Waals surface area contributed by atoms with Crippen molar-refractivity contribution in [2.24, 2.45) is 0 Å². The number of nitrogens with one attached hydrogen (secondary N) is 1. The molecule has 30 heavy (non-hydrogen) atoms. The van der Waals surface area contributed by atoms with Gasteiger partial charge in [-0.25, -0.2) is 4.98 Å². The molecule has 0 bridgehead atoms. The molecule has 7 heteroatoms. The zero-order valence-electron chi connectivity index (χ0n) is 17.3. The number of hydrogen-bond acceptors (Lipinski definition) is 5. The van der Waals surface area contributed by atoms with Gasteiger partial charge in [0.2, 0.25) is 5.91 Å². The van der Waals surface area contributed by atoms with E-state index < -0.39 is 0 Å². The smallest absolute Gasteiger partial charge is 0.254 e. The van der Waals surface area contributed by atoms with Gasteiger partial charge in [-0.2, -0.15) is 0 Å². The largest absolute Gasteiger partial charge is 0.497 e. The molecule has 1 N–H and O–H groups in total. The van der Waals surface area contributed by atoms with Crippen LogP contribution in [0.5, 0.6) is 11.5 Å². The Bertz CT molecular complexity index is 1070. The van der Waals surface area contributed by atoms with Crippen LogP contribution in [0.3, 0.4) is 0 Å². The van der Waals surface area contributed by atoms with Crippen molar-refractivity contribution in [3.05, 3.63) is 82.0 Å². The predicted octanol–water partition coefficient (Wildman–Crippen LogP) is 3.34. The van der Waals surface area contributed by atoms with E-state index in [2.05, 4.69) is 10.3 Å². The molecule has 1 aromatic heterocycles. The van der Waals surface area contributed by atoms with E-state index in [-0.39, 0.29) is 24.6 Å². The second-order valence-electron chi connectivity index (χ2n) is 6.76. The Morgan fingerprint density at radius 2 is 1.80 bits per heavy atom. The summed E-state index contributed by atoms with van der Waals surface area (Å²) in [7, 11) is 1.59. The number of carbonyl (C=O) groups excluding carboxylic acids is 1. The summed E-state index contributed by atoms with van der Waals surface area (Å²) in [6, 6.07) is 16.1. The van der Waals surface area contributed by atoms with Crippen LogP contribution in [0.1, 0.15) is 24.0 Å². The third-order valence-electron chi connectivity index (χ3n) is 4.62.